The molecule has 7 nitrogen and oxygen atoms in total. The molecule has 0 bridgehead atoms. The Morgan fingerprint density at radius 1 is 1.25 bits per heavy atom. The number of benzene rings is 1. The number of aromatic carboxylic acids is 1. The zero-order valence-corrected chi connectivity index (χ0v) is 12.7. The molecule has 0 aliphatic carbocycles. The number of rotatable bonds is 4. The van der Waals surface area contributed by atoms with Gasteiger partial charge in [-0.15, -0.1) is 0 Å². The molecular formula is C16H15FN4O3. The van der Waals surface area contributed by atoms with Crippen molar-refractivity contribution >= 4 is 17.7 Å². The van der Waals surface area contributed by atoms with Crippen molar-refractivity contribution < 1.29 is 19.1 Å². The molecule has 0 saturated carbocycles. The van der Waals surface area contributed by atoms with E-state index in [9.17, 15) is 14.0 Å². The lowest BCUT2D eigenvalue weighted by molar-refractivity contribution is -0.131. The van der Waals surface area contributed by atoms with Crippen LogP contribution in [0.5, 0.6) is 0 Å². The van der Waals surface area contributed by atoms with E-state index in [-0.39, 0.29) is 24.0 Å². The summed E-state index contributed by atoms with van der Waals surface area (Å²) in [5, 5.41) is 8.82. The van der Waals surface area contributed by atoms with Gasteiger partial charge in [0.05, 0.1) is 18.9 Å². The van der Waals surface area contributed by atoms with Gasteiger partial charge in [-0.05, 0) is 17.7 Å². The van der Waals surface area contributed by atoms with E-state index in [2.05, 4.69) is 9.97 Å². The number of piperazine rings is 1. The molecule has 1 aromatic carbocycles. The van der Waals surface area contributed by atoms with Crippen molar-refractivity contribution in [2.45, 2.75) is 6.54 Å². The fourth-order valence-corrected chi connectivity index (χ4v) is 2.52. The van der Waals surface area contributed by atoms with Crippen LogP contribution in [0.4, 0.5) is 10.2 Å². The number of anilines is 1. The summed E-state index contributed by atoms with van der Waals surface area (Å²) in [6.07, 6.45) is 2.51. The van der Waals surface area contributed by atoms with Crippen molar-refractivity contribution in [2.24, 2.45) is 0 Å². The summed E-state index contributed by atoms with van der Waals surface area (Å²) in [6.45, 7) is 1.49. The zero-order valence-electron chi connectivity index (χ0n) is 12.7. The normalized spacial score (nSPS) is 14.8. The lowest BCUT2D eigenvalue weighted by Gasteiger charge is -2.34. The van der Waals surface area contributed by atoms with E-state index in [4.69, 9.17) is 5.11 Å². The van der Waals surface area contributed by atoms with Gasteiger partial charge in [0.15, 0.2) is 5.69 Å². The molecule has 1 amide bonds. The van der Waals surface area contributed by atoms with Crippen molar-refractivity contribution in [2.75, 3.05) is 24.5 Å². The van der Waals surface area contributed by atoms with Crippen LogP contribution >= 0.6 is 0 Å². The summed E-state index contributed by atoms with van der Waals surface area (Å²) in [4.78, 5) is 34.3. The summed E-state index contributed by atoms with van der Waals surface area (Å²) in [7, 11) is 0. The first-order valence-electron chi connectivity index (χ1n) is 7.35. The maximum absolute atomic E-state index is 13.2. The maximum Gasteiger partial charge on any atom is 0.356 e. The Balaban J connectivity index is 1.64. The van der Waals surface area contributed by atoms with E-state index in [1.807, 2.05) is 0 Å². The molecule has 1 fully saturated rings. The van der Waals surface area contributed by atoms with Crippen LogP contribution < -0.4 is 4.90 Å². The minimum atomic E-state index is -1.15. The molecule has 2 heterocycles. The second kappa shape index (κ2) is 6.61. The highest BCUT2D eigenvalue weighted by molar-refractivity contribution is 5.85. The number of hydrogen-bond donors (Lipinski definition) is 1. The van der Waals surface area contributed by atoms with Crippen LogP contribution in [0.15, 0.2) is 36.7 Å². The number of amides is 1. The third kappa shape index (κ3) is 3.48. The average molecular weight is 330 g/mol. The lowest BCUT2D eigenvalue weighted by Crippen LogP contribution is -2.50. The van der Waals surface area contributed by atoms with Gasteiger partial charge in [0.25, 0.3) is 0 Å². The van der Waals surface area contributed by atoms with Gasteiger partial charge in [-0.25, -0.2) is 19.2 Å². The summed E-state index contributed by atoms with van der Waals surface area (Å²) in [5.41, 5.74) is 0.595. The Kier molecular flexibility index (Phi) is 4.37. The van der Waals surface area contributed by atoms with E-state index >= 15 is 0 Å². The smallest absolute Gasteiger partial charge is 0.356 e. The lowest BCUT2D eigenvalue weighted by atomic mass is 10.2. The quantitative estimate of drug-likeness (QED) is 0.905. The minimum absolute atomic E-state index is 0.102. The molecule has 1 aliphatic rings. The van der Waals surface area contributed by atoms with Crippen molar-refractivity contribution in [1.29, 1.82) is 0 Å². The molecule has 1 aromatic heterocycles. The van der Waals surface area contributed by atoms with Crippen molar-refractivity contribution in [3.05, 3.63) is 53.7 Å². The van der Waals surface area contributed by atoms with Crippen molar-refractivity contribution in [3.63, 3.8) is 0 Å². The first kappa shape index (κ1) is 15.9. The Morgan fingerprint density at radius 2 is 2.08 bits per heavy atom. The predicted octanol–water partition coefficient (Wildman–Crippen LogP) is 1.16. The second-order valence-corrected chi connectivity index (χ2v) is 5.43. The van der Waals surface area contributed by atoms with Gasteiger partial charge in [-0.2, -0.15) is 0 Å². The molecular weight excluding hydrogens is 315 g/mol. The molecule has 24 heavy (non-hydrogen) atoms. The van der Waals surface area contributed by atoms with Crippen LogP contribution in [0.1, 0.15) is 16.1 Å². The number of carboxylic acids is 1. The molecule has 1 aliphatic heterocycles. The van der Waals surface area contributed by atoms with Gasteiger partial charge >= 0.3 is 5.97 Å². The number of nitrogens with zero attached hydrogens (tertiary/aromatic N) is 4. The first-order valence-corrected chi connectivity index (χ1v) is 7.35. The van der Waals surface area contributed by atoms with E-state index < -0.39 is 5.97 Å². The van der Waals surface area contributed by atoms with Gasteiger partial charge < -0.3 is 14.9 Å². The number of carbonyl (C=O) groups excluding carboxylic acids is 1. The topological polar surface area (TPSA) is 86.6 Å². The fourth-order valence-electron chi connectivity index (χ4n) is 2.52. The van der Waals surface area contributed by atoms with Gasteiger partial charge in [0.2, 0.25) is 5.91 Å². The highest BCUT2D eigenvalue weighted by atomic mass is 19.1. The van der Waals surface area contributed by atoms with Crippen molar-refractivity contribution in [3.8, 4) is 0 Å². The Labute approximate surface area is 137 Å². The zero-order chi connectivity index (χ0) is 17.1. The average Bonchev–Trinajstić information content (AvgIpc) is 2.57. The van der Waals surface area contributed by atoms with E-state index in [0.717, 1.165) is 5.56 Å². The van der Waals surface area contributed by atoms with Crippen LogP contribution in [0.2, 0.25) is 0 Å². The summed E-state index contributed by atoms with van der Waals surface area (Å²) >= 11 is 0. The van der Waals surface area contributed by atoms with Crippen LogP contribution in [-0.2, 0) is 11.3 Å². The summed E-state index contributed by atoms with van der Waals surface area (Å²) < 4.78 is 13.2. The fraction of sp³-hybridized carbons (Fsp3) is 0.250. The molecule has 1 N–H and O–H groups in total. The molecule has 2 aromatic rings. The maximum atomic E-state index is 13.2. The molecule has 3 rings (SSSR count). The van der Waals surface area contributed by atoms with E-state index in [0.29, 0.717) is 25.5 Å². The predicted molar refractivity (Wildman–Crippen MR) is 83.0 cm³/mol. The number of aromatic nitrogens is 2. The molecule has 0 atom stereocenters. The Hall–Kier alpha value is -3.03. The van der Waals surface area contributed by atoms with Crippen LogP contribution in [0, 0.1) is 5.82 Å². The minimum Gasteiger partial charge on any atom is -0.476 e. The largest absolute Gasteiger partial charge is 0.476 e. The monoisotopic (exact) mass is 330 g/mol. The van der Waals surface area contributed by atoms with Gasteiger partial charge in [0, 0.05) is 19.6 Å². The van der Waals surface area contributed by atoms with Crippen LogP contribution in [-0.4, -0.2) is 51.5 Å². The SMILES string of the molecule is O=C(O)c1cnc(N2CCN(Cc3cccc(F)c3)C(=O)C2)cn1. The third-order valence-corrected chi connectivity index (χ3v) is 3.76. The van der Waals surface area contributed by atoms with Gasteiger partial charge in [0.1, 0.15) is 11.6 Å². The standard InChI is InChI=1S/C16H15FN4O3/c17-12-3-1-2-11(6-12)9-21-5-4-20(10-15(21)22)14-8-18-13(7-19-14)16(23)24/h1-3,6-8H,4-5,9-10H2,(H,23,24). The highest BCUT2D eigenvalue weighted by Crippen LogP contribution is 2.15. The van der Waals surface area contributed by atoms with Crippen LogP contribution in [0.25, 0.3) is 0 Å². The van der Waals surface area contributed by atoms with E-state index in [1.54, 1.807) is 21.9 Å². The van der Waals surface area contributed by atoms with Crippen molar-refractivity contribution in [1.82, 2.24) is 14.9 Å². The van der Waals surface area contributed by atoms with Crippen LogP contribution in [0.3, 0.4) is 0 Å². The Morgan fingerprint density at radius 3 is 2.71 bits per heavy atom. The molecule has 0 spiro atoms. The van der Waals surface area contributed by atoms with Gasteiger partial charge in [-0.3, -0.25) is 4.79 Å². The van der Waals surface area contributed by atoms with E-state index in [1.165, 1.54) is 24.5 Å². The first-order chi connectivity index (χ1) is 11.5. The second-order valence-electron chi connectivity index (χ2n) is 5.43. The molecule has 1 saturated heterocycles. The summed E-state index contributed by atoms with van der Waals surface area (Å²) in [5.74, 6) is -1.12. The Bertz CT molecular complexity index is 766. The number of carbonyl (C=O) groups is 2. The number of halogens is 1. The molecule has 0 unspecified atom stereocenters. The molecule has 0 radical (unpaired) electrons. The summed E-state index contributed by atoms with van der Waals surface area (Å²) in [6, 6.07) is 6.17. The van der Waals surface area contributed by atoms with Gasteiger partial charge in [-0.1, -0.05) is 12.1 Å². The third-order valence-electron chi connectivity index (χ3n) is 3.76. The highest BCUT2D eigenvalue weighted by Gasteiger charge is 2.25. The molecule has 124 valence electrons. The molecule has 8 heteroatoms. The number of hydrogen-bond acceptors (Lipinski definition) is 5. The number of carboxylic acid groups (broad SMARTS) is 1.